The number of nitrogens with one attached hydrogen (secondary N) is 1. The lowest BCUT2D eigenvalue weighted by molar-refractivity contribution is -0.135. The highest BCUT2D eigenvalue weighted by molar-refractivity contribution is 6.25. The summed E-state index contributed by atoms with van der Waals surface area (Å²) < 4.78 is 14.3. The molecule has 2 aromatic rings. The minimum atomic E-state index is -1.34. The van der Waals surface area contributed by atoms with Crippen molar-refractivity contribution in [3.8, 4) is 0 Å². The van der Waals surface area contributed by atoms with Gasteiger partial charge in [-0.25, -0.2) is 9.29 Å². The van der Waals surface area contributed by atoms with Crippen molar-refractivity contribution in [3.63, 3.8) is 0 Å². The maximum atomic E-state index is 14.3. The fraction of sp³-hybridized carbons (Fsp3) is 0.375. The molecule has 7 heteroatoms. The van der Waals surface area contributed by atoms with Gasteiger partial charge in [0.1, 0.15) is 11.4 Å². The van der Waals surface area contributed by atoms with Crippen LogP contribution in [-0.4, -0.2) is 35.2 Å². The molecule has 4 atom stereocenters. The van der Waals surface area contributed by atoms with Crippen LogP contribution < -0.4 is 10.2 Å². The smallest absolute Gasteiger partial charge is 0.250 e. The van der Waals surface area contributed by atoms with Gasteiger partial charge >= 0.3 is 0 Å². The lowest BCUT2D eigenvalue weighted by atomic mass is 9.75. The zero-order valence-electron chi connectivity index (χ0n) is 17.3. The molecule has 6 nitrogen and oxygen atoms in total. The van der Waals surface area contributed by atoms with Crippen LogP contribution in [0.3, 0.4) is 0 Å². The molecule has 0 radical (unpaired) electrons. The van der Waals surface area contributed by atoms with Gasteiger partial charge in [-0.05, 0) is 74.7 Å². The second-order valence-corrected chi connectivity index (χ2v) is 9.10. The van der Waals surface area contributed by atoms with Crippen LogP contribution in [0.4, 0.5) is 15.8 Å². The molecule has 4 heterocycles. The van der Waals surface area contributed by atoms with Crippen LogP contribution in [0.2, 0.25) is 0 Å². The van der Waals surface area contributed by atoms with E-state index >= 15 is 0 Å². The van der Waals surface area contributed by atoms with Crippen molar-refractivity contribution >= 4 is 29.1 Å². The molecule has 1 spiro atoms. The van der Waals surface area contributed by atoms with E-state index in [0.717, 1.165) is 24.0 Å². The minimum absolute atomic E-state index is 0.210. The Balaban J connectivity index is 1.56. The van der Waals surface area contributed by atoms with Gasteiger partial charge < -0.3 is 5.32 Å². The Morgan fingerprint density at radius 1 is 1.03 bits per heavy atom. The molecule has 4 aliphatic rings. The number of carbonyl (C=O) groups excluding carboxylic acids is 3. The molecule has 31 heavy (non-hydrogen) atoms. The van der Waals surface area contributed by atoms with Gasteiger partial charge in [-0.15, -0.1) is 0 Å². The van der Waals surface area contributed by atoms with E-state index in [2.05, 4.69) is 5.32 Å². The summed E-state index contributed by atoms with van der Waals surface area (Å²) in [6, 6.07) is 9.49. The number of benzene rings is 2. The van der Waals surface area contributed by atoms with Gasteiger partial charge in [0.15, 0.2) is 0 Å². The maximum absolute atomic E-state index is 14.3. The largest absolute Gasteiger partial charge is 0.324 e. The highest BCUT2D eigenvalue weighted by Crippen LogP contribution is 2.60. The van der Waals surface area contributed by atoms with E-state index in [-0.39, 0.29) is 23.8 Å². The summed E-state index contributed by atoms with van der Waals surface area (Å²) in [6.45, 7) is 4.51. The van der Waals surface area contributed by atoms with E-state index in [1.54, 1.807) is 6.07 Å². The van der Waals surface area contributed by atoms with Crippen molar-refractivity contribution in [1.82, 2.24) is 4.90 Å². The van der Waals surface area contributed by atoms with Gasteiger partial charge in [-0.2, -0.15) is 0 Å². The first-order valence-electron chi connectivity index (χ1n) is 10.7. The van der Waals surface area contributed by atoms with Gasteiger partial charge in [-0.3, -0.25) is 19.3 Å². The zero-order chi connectivity index (χ0) is 21.7. The third-order valence-corrected chi connectivity index (χ3v) is 7.70. The normalized spacial score (nSPS) is 31.4. The van der Waals surface area contributed by atoms with Gasteiger partial charge in [0.2, 0.25) is 17.7 Å². The Labute approximate surface area is 179 Å². The van der Waals surface area contributed by atoms with E-state index < -0.39 is 23.2 Å². The van der Waals surface area contributed by atoms with Crippen LogP contribution >= 0.6 is 0 Å². The molecular formula is C24H22FN3O3. The standard InChI is InChI=1S/C24H22FN3O3/c1-12-5-7-15(10-13(12)2)28-21(29)19-18-4-3-9-27(18)24(20(19)22(28)30)16-11-14(25)6-8-17(16)26-23(24)31/h5-8,10-11,18-20H,3-4,9H2,1-2H3,(H,26,31)/t18-,19+,20-,24+/m0/s1. The van der Waals surface area contributed by atoms with E-state index in [4.69, 9.17) is 0 Å². The first-order chi connectivity index (χ1) is 14.9. The predicted octanol–water partition coefficient (Wildman–Crippen LogP) is 2.87. The molecule has 0 unspecified atom stereocenters. The minimum Gasteiger partial charge on any atom is -0.324 e. The topological polar surface area (TPSA) is 69.7 Å². The van der Waals surface area contributed by atoms with Crippen molar-refractivity contribution in [2.45, 2.75) is 38.3 Å². The predicted molar refractivity (Wildman–Crippen MR) is 112 cm³/mol. The van der Waals surface area contributed by atoms with E-state index in [1.807, 2.05) is 30.9 Å². The summed E-state index contributed by atoms with van der Waals surface area (Å²) in [5.74, 6) is -2.91. The molecule has 1 N–H and O–H groups in total. The lowest BCUT2D eigenvalue weighted by Gasteiger charge is -2.36. The van der Waals surface area contributed by atoms with Crippen LogP contribution in [-0.2, 0) is 19.9 Å². The summed E-state index contributed by atoms with van der Waals surface area (Å²) in [4.78, 5) is 44.2. The quantitative estimate of drug-likeness (QED) is 0.722. The van der Waals surface area contributed by atoms with Gasteiger partial charge in [0.25, 0.3) is 0 Å². The Morgan fingerprint density at radius 3 is 2.61 bits per heavy atom. The number of carbonyl (C=O) groups is 3. The first kappa shape index (κ1) is 18.7. The van der Waals surface area contributed by atoms with Crippen LogP contribution in [0.5, 0.6) is 0 Å². The second kappa shape index (κ2) is 6.01. The molecule has 158 valence electrons. The molecule has 0 saturated carbocycles. The third-order valence-electron chi connectivity index (χ3n) is 7.70. The van der Waals surface area contributed by atoms with Crippen molar-refractivity contribution < 1.29 is 18.8 Å². The average molecular weight is 419 g/mol. The van der Waals surface area contributed by atoms with Crippen molar-refractivity contribution in [3.05, 3.63) is 58.9 Å². The number of fused-ring (bicyclic) bond motifs is 7. The van der Waals surface area contributed by atoms with Gasteiger partial charge in [0, 0.05) is 17.3 Å². The number of amides is 3. The third kappa shape index (κ3) is 2.12. The number of imide groups is 1. The number of halogens is 1. The van der Waals surface area contributed by atoms with Crippen molar-refractivity contribution in [1.29, 1.82) is 0 Å². The number of rotatable bonds is 1. The zero-order valence-corrected chi connectivity index (χ0v) is 17.3. The van der Waals surface area contributed by atoms with Crippen LogP contribution in [0.25, 0.3) is 0 Å². The Kier molecular flexibility index (Phi) is 3.62. The highest BCUT2D eigenvalue weighted by Gasteiger charge is 2.74. The average Bonchev–Trinajstić information content (AvgIpc) is 3.43. The van der Waals surface area contributed by atoms with Crippen molar-refractivity contribution in [2.75, 3.05) is 16.8 Å². The number of anilines is 2. The Bertz CT molecular complexity index is 1190. The number of nitrogens with zero attached hydrogens (tertiary/aromatic N) is 2. The second-order valence-electron chi connectivity index (χ2n) is 9.10. The van der Waals surface area contributed by atoms with Crippen molar-refractivity contribution in [2.24, 2.45) is 11.8 Å². The van der Waals surface area contributed by atoms with E-state index in [9.17, 15) is 18.8 Å². The maximum Gasteiger partial charge on any atom is 0.250 e. The van der Waals surface area contributed by atoms with E-state index in [0.29, 0.717) is 23.5 Å². The SMILES string of the molecule is Cc1ccc(N2C(=O)[C@H]3[C@@H](C2=O)[C@]2(C(=O)Nc4ccc(F)cc42)N2CCC[C@@H]32)cc1C. The van der Waals surface area contributed by atoms with Gasteiger partial charge in [-0.1, -0.05) is 6.07 Å². The molecule has 0 bridgehead atoms. The van der Waals surface area contributed by atoms with Crippen LogP contribution in [0.15, 0.2) is 36.4 Å². The Morgan fingerprint density at radius 2 is 1.84 bits per heavy atom. The first-order valence-corrected chi connectivity index (χ1v) is 10.7. The summed E-state index contributed by atoms with van der Waals surface area (Å²) >= 11 is 0. The Hall–Kier alpha value is -3.06. The molecule has 6 rings (SSSR count). The van der Waals surface area contributed by atoms with Crippen LogP contribution in [0.1, 0.15) is 29.5 Å². The monoisotopic (exact) mass is 419 g/mol. The summed E-state index contributed by atoms with van der Waals surface area (Å²) in [7, 11) is 0. The fourth-order valence-corrected chi connectivity index (χ4v) is 6.29. The number of hydrogen-bond donors (Lipinski definition) is 1. The lowest BCUT2D eigenvalue weighted by Crippen LogP contribution is -2.54. The molecule has 2 aromatic carbocycles. The molecule has 4 aliphatic heterocycles. The summed E-state index contributed by atoms with van der Waals surface area (Å²) in [5.41, 5.74) is 2.23. The summed E-state index contributed by atoms with van der Waals surface area (Å²) in [6.07, 6.45) is 1.57. The molecule has 3 amide bonds. The fourth-order valence-electron chi connectivity index (χ4n) is 6.29. The molecule has 3 saturated heterocycles. The molecule has 3 fully saturated rings. The molecule has 0 aliphatic carbocycles. The molecular weight excluding hydrogens is 397 g/mol. The van der Waals surface area contributed by atoms with E-state index in [1.165, 1.54) is 23.1 Å². The van der Waals surface area contributed by atoms with Crippen LogP contribution in [0, 0.1) is 31.5 Å². The number of hydrogen-bond acceptors (Lipinski definition) is 4. The summed E-state index contributed by atoms with van der Waals surface area (Å²) in [5, 5.41) is 2.86. The van der Waals surface area contributed by atoms with Gasteiger partial charge in [0.05, 0.1) is 17.5 Å². The highest BCUT2D eigenvalue weighted by atomic mass is 19.1. The molecule has 0 aromatic heterocycles. The number of aryl methyl sites for hydroxylation is 2.